The molecule has 126 valence electrons. The number of benzene rings is 2. The van der Waals surface area contributed by atoms with Crippen LogP contribution < -0.4 is 0 Å². The smallest absolute Gasteiger partial charge is 0.335 e. The van der Waals surface area contributed by atoms with Crippen molar-refractivity contribution in [2.75, 3.05) is 0 Å². The second-order valence-electron chi connectivity index (χ2n) is 5.66. The number of aromatic nitrogens is 4. The first-order chi connectivity index (χ1) is 12.7. The second-order valence-corrected chi connectivity index (χ2v) is 5.66. The molecule has 1 N–H and O–H groups in total. The average Bonchev–Trinajstić information content (AvgIpc) is 3.23. The highest BCUT2D eigenvalue weighted by molar-refractivity contribution is 5.88. The molecule has 0 aliphatic heterocycles. The maximum atomic E-state index is 11.0. The fraction of sp³-hybridized carbons (Fsp3) is 0. The zero-order chi connectivity index (χ0) is 17.9. The standard InChI is InChI=1S/C20H14N4O2/c25-20(26)16-3-1-15(2-4-16)19-22-10-9-18(23-19)14-5-7-17(8-6-14)24-12-11-21-13-24/h1-13H,(H,25,26). The van der Waals surface area contributed by atoms with Crippen LogP contribution in [0.4, 0.5) is 0 Å². The molecule has 0 bridgehead atoms. The van der Waals surface area contributed by atoms with Gasteiger partial charge < -0.3 is 9.67 Å². The molecule has 4 rings (SSSR count). The van der Waals surface area contributed by atoms with Crippen LogP contribution in [0.2, 0.25) is 0 Å². The molecule has 0 unspecified atom stereocenters. The summed E-state index contributed by atoms with van der Waals surface area (Å²) < 4.78 is 1.93. The molecule has 6 nitrogen and oxygen atoms in total. The van der Waals surface area contributed by atoms with Gasteiger partial charge in [-0.2, -0.15) is 0 Å². The van der Waals surface area contributed by atoms with Crippen LogP contribution >= 0.6 is 0 Å². The van der Waals surface area contributed by atoms with Crippen LogP contribution in [0, 0.1) is 0 Å². The molecular formula is C20H14N4O2. The van der Waals surface area contributed by atoms with Crippen molar-refractivity contribution >= 4 is 5.97 Å². The number of aromatic carboxylic acids is 1. The molecule has 4 aromatic rings. The summed E-state index contributed by atoms with van der Waals surface area (Å²) in [6.45, 7) is 0. The van der Waals surface area contributed by atoms with Crippen molar-refractivity contribution in [3.63, 3.8) is 0 Å². The molecule has 2 aromatic heterocycles. The topological polar surface area (TPSA) is 80.9 Å². The van der Waals surface area contributed by atoms with E-state index >= 15 is 0 Å². The van der Waals surface area contributed by atoms with Gasteiger partial charge in [-0.25, -0.2) is 19.7 Å². The van der Waals surface area contributed by atoms with E-state index in [-0.39, 0.29) is 5.56 Å². The minimum atomic E-state index is -0.954. The van der Waals surface area contributed by atoms with Crippen molar-refractivity contribution in [2.24, 2.45) is 0 Å². The Morgan fingerprint density at radius 3 is 2.27 bits per heavy atom. The van der Waals surface area contributed by atoms with E-state index in [1.165, 1.54) is 0 Å². The minimum Gasteiger partial charge on any atom is -0.478 e. The SMILES string of the molecule is O=C(O)c1ccc(-c2nccc(-c3ccc(-n4ccnc4)cc3)n2)cc1. The van der Waals surface area contributed by atoms with Crippen LogP contribution in [-0.2, 0) is 0 Å². The summed E-state index contributed by atoms with van der Waals surface area (Å²) >= 11 is 0. The van der Waals surface area contributed by atoms with E-state index in [1.54, 1.807) is 43.0 Å². The predicted molar refractivity (Wildman–Crippen MR) is 97.0 cm³/mol. The third-order valence-corrected chi connectivity index (χ3v) is 4.01. The van der Waals surface area contributed by atoms with E-state index in [4.69, 9.17) is 5.11 Å². The molecule has 0 radical (unpaired) electrons. The fourth-order valence-corrected chi connectivity index (χ4v) is 2.64. The lowest BCUT2D eigenvalue weighted by molar-refractivity contribution is 0.0697. The Balaban J connectivity index is 1.64. The van der Waals surface area contributed by atoms with E-state index < -0.39 is 5.97 Å². The normalized spacial score (nSPS) is 10.6. The van der Waals surface area contributed by atoms with Gasteiger partial charge >= 0.3 is 5.97 Å². The molecule has 6 heteroatoms. The van der Waals surface area contributed by atoms with Crippen molar-refractivity contribution in [1.29, 1.82) is 0 Å². The van der Waals surface area contributed by atoms with Gasteiger partial charge in [0.2, 0.25) is 0 Å². The number of hydrogen-bond donors (Lipinski definition) is 1. The Morgan fingerprint density at radius 2 is 1.62 bits per heavy atom. The van der Waals surface area contributed by atoms with Gasteiger partial charge in [-0.15, -0.1) is 0 Å². The monoisotopic (exact) mass is 342 g/mol. The summed E-state index contributed by atoms with van der Waals surface area (Å²) in [4.78, 5) is 23.9. The summed E-state index contributed by atoms with van der Waals surface area (Å²) in [5, 5.41) is 8.99. The number of imidazole rings is 1. The molecule has 0 spiro atoms. The van der Waals surface area contributed by atoms with Crippen LogP contribution in [0.5, 0.6) is 0 Å². The number of carbonyl (C=O) groups is 1. The van der Waals surface area contributed by atoms with Gasteiger partial charge in [0.15, 0.2) is 5.82 Å². The zero-order valence-electron chi connectivity index (χ0n) is 13.6. The minimum absolute atomic E-state index is 0.236. The van der Waals surface area contributed by atoms with Crippen LogP contribution in [0.15, 0.2) is 79.5 Å². The van der Waals surface area contributed by atoms with Gasteiger partial charge in [0, 0.05) is 35.4 Å². The predicted octanol–water partition coefficient (Wildman–Crippen LogP) is 3.69. The molecule has 0 aliphatic rings. The number of carboxylic acid groups (broad SMARTS) is 1. The van der Waals surface area contributed by atoms with Crippen LogP contribution in [0.25, 0.3) is 28.3 Å². The largest absolute Gasteiger partial charge is 0.478 e. The van der Waals surface area contributed by atoms with E-state index in [0.29, 0.717) is 5.82 Å². The lowest BCUT2D eigenvalue weighted by atomic mass is 10.1. The summed E-state index contributed by atoms with van der Waals surface area (Å²) in [6.07, 6.45) is 7.07. The highest BCUT2D eigenvalue weighted by Crippen LogP contribution is 2.22. The number of rotatable bonds is 4. The Morgan fingerprint density at radius 1 is 0.885 bits per heavy atom. The average molecular weight is 342 g/mol. The number of hydrogen-bond acceptors (Lipinski definition) is 4. The Labute approximate surface area is 149 Å². The molecule has 0 aliphatic carbocycles. The molecule has 0 amide bonds. The van der Waals surface area contributed by atoms with E-state index in [0.717, 1.165) is 22.5 Å². The third-order valence-electron chi connectivity index (χ3n) is 4.01. The van der Waals surface area contributed by atoms with E-state index in [2.05, 4.69) is 15.0 Å². The van der Waals surface area contributed by atoms with Gasteiger partial charge in [-0.1, -0.05) is 24.3 Å². The molecular weight excluding hydrogens is 328 g/mol. The first kappa shape index (κ1) is 15.7. The van der Waals surface area contributed by atoms with Gasteiger partial charge in [0.05, 0.1) is 17.6 Å². The lowest BCUT2D eigenvalue weighted by Crippen LogP contribution is -1.96. The Hall–Kier alpha value is -3.80. The van der Waals surface area contributed by atoms with Crippen molar-refractivity contribution in [3.8, 4) is 28.3 Å². The highest BCUT2D eigenvalue weighted by Gasteiger charge is 2.07. The molecule has 0 atom stereocenters. The maximum absolute atomic E-state index is 11.0. The molecule has 2 aromatic carbocycles. The van der Waals surface area contributed by atoms with Crippen molar-refractivity contribution in [2.45, 2.75) is 0 Å². The number of nitrogens with zero attached hydrogens (tertiary/aromatic N) is 4. The molecule has 2 heterocycles. The van der Waals surface area contributed by atoms with Crippen molar-refractivity contribution in [1.82, 2.24) is 19.5 Å². The molecule has 26 heavy (non-hydrogen) atoms. The quantitative estimate of drug-likeness (QED) is 0.612. The van der Waals surface area contributed by atoms with Crippen LogP contribution in [0.3, 0.4) is 0 Å². The Kier molecular flexibility index (Phi) is 3.99. The Bertz CT molecular complexity index is 1040. The van der Waals surface area contributed by atoms with Gasteiger partial charge in [-0.3, -0.25) is 0 Å². The zero-order valence-corrected chi connectivity index (χ0v) is 13.6. The number of carboxylic acids is 1. The first-order valence-corrected chi connectivity index (χ1v) is 7.96. The van der Waals surface area contributed by atoms with Crippen molar-refractivity contribution < 1.29 is 9.90 Å². The van der Waals surface area contributed by atoms with E-state index in [1.807, 2.05) is 41.1 Å². The van der Waals surface area contributed by atoms with Gasteiger partial charge in [-0.05, 0) is 30.3 Å². The van der Waals surface area contributed by atoms with Crippen molar-refractivity contribution in [3.05, 3.63) is 85.1 Å². The molecule has 0 fully saturated rings. The van der Waals surface area contributed by atoms with E-state index in [9.17, 15) is 4.79 Å². The summed E-state index contributed by atoms with van der Waals surface area (Å²) in [5.41, 5.74) is 3.80. The first-order valence-electron chi connectivity index (χ1n) is 7.96. The second kappa shape index (κ2) is 6.60. The van der Waals surface area contributed by atoms with Crippen LogP contribution in [-0.4, -0.2) is 30.6 Å². The maximum Gasteiger partial charge on any atom is 0.335 e. The third kappa shape index (κ3) is 3.08. The summed E-state index contributed by atoms with van der Waals surface area (Å²) in [5.74, 6) is -0.401. The van der Waals surface area contributed by atoms with Crippen LogP contribution in [0.1, 0.15) is 10.4 Å². The lowest BCUT2D eigenvalue weighted by Gasteiger charge is -2.06. The van der Waals surface area contributed by atoms with Gasteiger partial charge in [0.1, 0.15) is 0 Å². The highest BCUT2D eigenvalue weighted by atomic mass is 16.4. The molecule has 0 saturated carbocycles. The summed E-state index contributed by atoms with van der Waals surface area (Å²) in [7, 11) is 0. The fourth-order valence-electron chi connectivity index (χ4n) is 2.64. The summed E-state index contributed by atoms with van der Waals surface area (Å²) in [6, 6.07) is 16.4. The molecule has 0 saturated heterocycles. The van der Waals surface area contributed by atoms with Gasteiger partial charge in [0.25, 0.3) is 0 Å².